The van der Waals surface area contributed by atoms with Crippen LogP contribution in [0.2, 0.25) is 10.0 Å². The van der Waals surface area contributed by atoms with E-state index in [0.29, 0.717) is 4.47 Å². The maximum atomic E-state index is 12.5. The summed E-state index contributed by atoms with van der Waals surface area (Å²) < 4.78 is 28.2. The van der Waals surface area contributed by atoms with Crippen molar-refractivity contribution in [3.8, 4) is 0 Å². The molecule has 3 rings (SSSR count). The molecule has 0 saturated carbocycles. The number of hydrogen-bond acceptors (Lipinski definition) is 4. The van der Waals surface area contributed by atoms with Crippen LogP contribution < -0.4 is 9.62 Å². The van der Waals surface area contributed by atoms with Crippen molar-refractivity contribution in [2.45, 2.75) is 24.3 Å². The summed E-state index contributed by atoms with van der Waals surface area (Å²) >= 11 is 15.3. The number of benzene rings is 1. The van der Waals surface area contributed by atoms with Gasteiger partial charge in [0.15, 0.2) is 0 Å². The van der Waals surface area contributed by atoms with Crippen LogP contribution in [0.4, 0.5) is 5.82 Å². The van der Waals surface area contributed by atoms with Gasteiger partial charge in [0.1, 0.15) is 10.7 Å². The predicted octanol–water partition coefficient (Wildman–Crippen LogP) is 4.23. The van der Waals surface area contributed by atoms with Gasteiger partial charge in [-0.1, -0.05) is 45.2 Å². The summed E-state index contributed by atoms with van der Waals surface area (Å²) in [5.41, 5.74) is 0.760. The molecule has 0 atom stereocenters. The molecular weight excluding hydrogens is 449 g/mol. The molecule has 1 saturated heterocycles. The van der Waals surface area contributed by atoms with Gasteiger partial charge in [-0.25, -0.2) is 18.1 Å². The van der Waals surface area contributed by atoms with Crippen LogP contribution in [0.15, 0.2) is 39.8 Å². The van der Waals surface area contributed by atoms with Gasteiger partial charge in [-0.05, 0) is 36.6 Å². The molecule has 1 aromatic carbocycles. The molecule has 2 heterocycles. The Hall–Kier alpha value is -0.860. The van der Waals surface area contributed by atoms with E-state index in [0.717, 1.165) is 24.5 Å². The lowest BCUT2D eigenvalue weighted by Gasteiger charge is -2.16. The lowest BCUT2D eigenvalue weighted by Crippen LogP contribution is -2.24. The van der Waals surface area contributed by atoms with Gasteiger partial charge in [-0.3, -0.25) is 0 Å². The first-order valence-electron chi connectivity index (χ1n) is 7.71. The number of sulfonamides is 1. The van der Waals surface area contributed by atoms with E-state index < -0.39 is 10.0 Å². The molecule has 134 valence electrons. The highest BCUT2D eigenvalue weighted by molar-refractivity contribution is 9.10. The molecule has 1 aliphatic heterocycles. The molecule has 0 aliphatic carbocycles. The summed E-state index contributed by atoms with van der Waals surface area (Å²) in [5.74, 6) is 0.920. The molecule has 1 aliphatic rings. The first kappa shape index (κ1) is 18.9. The zero-order valence-corrected chi connectivity index (χ0v) is 17.1. The standard InChI is InChI=1S/C16H16BrCl2N3O2S/c17-12-7-13(18)16(14(19)8-12)25(23,24)21-10-11-3-4-15(20-9-11)22-5-1-2-6-22/h3-4,7-9,21H,1-2,5-6,10H2. The fourth-order valence-corrected chi connectivity index (χ4v) is 5.64. The van der Waals surface area contributed by atoms with E-state index in [-0.39, 0.29) is 21.5 Å². The Morgan fingerprint density at radius 1 is 1.16 bits per heavy atom. The summed E-state index contributed by atoms with van der Waals surface area (Å²) in [6.07, 6.45) is 4.04. The number of aromatic nitrogens is 1. The number of pyridine rings is 1. The van der Waals surface area contributed by atoms with Crippen LogP contribution in [0.5, 0.6) is 0 Å². The largest absolute Gasteiger partial charge is 0.357 e. The highest BCUT2D eigenvalue weighted by Crippen LogP contribution is 2.32. The van der Waals surface area contributed by atoms with E-state index in [9.17, 15) is 8.42 Å². The summed E-state index contributed by atoms with van der Waals surface area (Å²) in [6, 6.07) is 6.77. The maximum absolute atomic E-state index is 12.5. The van der Waals surface area contributed by atoms with Gasteiger partial charge in [0.25, 0.3) is 0 Å². The highest BCUT2D eigenvalue weighted by Gasteiger charge is 2.22. The normalized spacial score (nSPS) is 14.9. The van der Waals surface area contributed by atoms with Crippen molar-refractivity contribution in [3.05, 3.63) is 50.5 Å². The molecule has 0 spiro atoms. The van der Waals surface area contributed by atoms with E-state index in [4.69, 9.17) is 23.2 Å². The molecule has 0 unspecified atom stereocenters. The van der Waals surface area contributed by atoms with E-state index in [1.54, 1.807) is 6.20 Å². The fraction of sp³-hybridized carbons (Fsp3) is 0.312. The summed E-state index contributed by atoms with van der Waals surface area (Å²) in [5, 5.41) is 0.128. The van der Waals surface area contributed by atoms with E-state index >= 15 is 0 Å². The summed E-state index contributed by atoms with van der Waals surface area (Å²) in [4.78, 5) is 6.51. The van der Waals surface area contributed by atoms with Crippen molar-refractivity contribution in [1.82, 2.24) is 9.71 Å². The number of hydrogen-bond donors (Lipinski definition) is 1. The highest BCUT2D eigenvalue weighted by atomic mass is 79.9. The lowest BCUT2D eigenvalue weighted by molar-refractivity contribution is 0.581. The molecular formula is C16H16BrCl2N3O2S. The van der Waals surface area contributed by atoms with Gasteiger partial charge in [-0.2, -0.15) is 0 Å². The topological polar surface area (TPSA) is 62.3 Å². The van der Waals surface area contributed by atoms with Gasteiger partial charge in [0, 0.05) is 30.3 Å². The third-order valence-electron chi connectivity index (χ3n) is 3.94. The predicted molar refractivity (Wildman–Crippen MR) is 104 cm³/mol. The Morgan fingerprint density at radius 3 is 2.36 bits per heavy atom. The van der Waals surface area contributed by atoms with Crippen LogP contribution in [-0.2, 0) is 16.6 Å². The van der Waals surface area contributed by atoms with Gasteiger partial charge in [-0.15, -0.1) is 0 Å². The van der Waals surface area contributed by atoms with Crippen molar-refractivity contribution in [2.75, 3.05) is 18.0 Å². The minimum Gasteiger partial charge on any atom is -0.357 e. The van der Waals surface area contributed by atoms with Crippen LogP contribution in [0.25, 0.3) is 0 Å². The van der Waals surface area contributed by atoms with Gasteiger partial charge in [0.05, 0.1) is 10.0 Å². The van der Waals surface area contributed by atoms with Crippen LogP contribution in [-0.4, -0.2) is 26.5 Å². The van der Waals surface area contributed by atoms with E-state index in [1.807, 2.05) is 12.1 Å². The molecule has 1 fully saturated rings. The Morgan fingerprint density at radius 2 is 1.80 bits per heavy atom. The monoisotopic (exact) mass is 463 g/mol. The fourth-order valence-electron chi connectivity index (χ4n) is 2.69. The molecule has 2 aromatic rings. The van der Waals surface area contributed by atoms with Crippen LogP contribution in [0.3, 0.4) is 0 Å². The molecule has 0 amide bonds. The van der Waals surface area contributed by atoms with Crippen LogP contribution in [0, 0.1) is 0 Å². The smallest absolute Gasteiger partial charge is 0.243 e. The lowest BCUT2D eigenvalue weighted by atomic mass is 10.3. The third-order valence-corrected chi connectivity index (χ3v) is 6.72. The molecule has 0 radical (unpaired) electrons. The average molecular weight is 465 g/mol. The van der Waals surface area contributed by atoms with Crippen LogP contribution >= 0.6 is 39.1 Å². The minimum atomic E-state index is -3.84. The average Bonchev–Trinajstić information content (AvgIpc) is 3.06. The van der Waals surface area contributed by atoms with Crippen molar-refractivity contribution in [1.29, 1.82) is 0 Å². The zero-order valence-electron chi connectivity index (χ0n) is 13.2. The summed E-state index contributed by atoms with van der Waals surface area (Å²) in [7, 11) is -3.84. The maximum Gasteiger partial charge on any atom is 0.243 e. The first-order chi connectivity index (χ1) is 11.9. The van der Waals surface area contributed by atoms with E-state index in [2.05, 4.69) is 30.5 Å². The number of halogens is 3. The van der Waals surface area contributed by atoms with Crippen LogP contribution in [0.1, 0.15) is 18.4 Å². The second-order valence-corrected chi connectivity index (χ2v) is 9.18. The Labute approximate surface area is 165 Å². The number of nitrogens with zero attached hydrogens (tertiary/aromatic N) is 2. The second kappa shape index (κ2) is 7.80. The van der Waals surface area contributed by atoms with Gasteiger partial charge in [0.2, 0.25) is 10.0 Å². The second-order valence-electron chi connectivity index (χ2n) is 5.74. The number of anilines is 1. The summed E-state index contributed by atoms with van der Waals surface area (Å²) in [6.45, 7) is 2.14. The Balaban J connectivity index is 1.72. The number of nitrogens with one attached hydrogen (secondary N) is 1. The molecule has 1 N–H and O–H groups in total. The Bertz CT molecular complexity index is 846. The number of rotatable bonds is 5. The van der Waals surface area contributed by atoms with Crippen molar-refractivity contribution < 1.29 is 8.42 Å². The quantitative estimate of drug-likeness (QED) is 0.719. The van der Waals surface area contributed by atoms with Crippen molar-refractivity contribution in [2.24, 2.45) is 0 Å². The first-order valence-corrected chi connectivity index (χ1v) is 10.7. The van der Waals surface area contributed by atoms with Crippen molar-refractivity contribution >= 4 is 55.0 Å². The molecule has 25 heavy (non-hydrogen) atoms. The van der Waals surface area contributed by atoms with E-state index in [1.165, 1.54) is 25.0 Å². The SMILES string of the molecule is O=S(=O)(NCc1ccc(N2CCCC2)nc1)c1c(Cl)cc(Br)cc1Cl. The molecule has 5 nitrogen and oxygen atoms in total. The van der Waals surface area contributed by atoms with Gasteiger partial charge < -0.3 is 4.90 Å². The minimum absolute atomic E-state index is 0.0642. The van der Waals surface area contributed by atoms with Crippen molar-refractivity contribution in [3.63, 3.8) is 0 Å². The third kappa shape index (κ3) is 4.46. The Kier molecular flexibility index (Phi) is 5.90. The molecule has 0 bridgehead atoms. The molecule has 1 aromatic heterocycles. The molecule has 9 heteroatoms. The van der Waals surface area contributed by atoms with Gasteiger partial charge >= 0.3 is 0 Å². The zero-order chi connectivity index (χ0) is 18.0.